The van der Waals surface area contributed by atoms with E-state index < -0.39 is 0 Å². The summed E-state index contributed by atoms with van der Waals surface area (Å²) in [5.74, 6) is 0.818. The number of carbonyl (C=O) groups is 1. The molecule has 0 unspecified atom stereocenters. The molecule has 1 rings (SSSR count). The third-order valence-electron chi connectivity index (χ3n) is 2.94. The Morgan fingerprint density at radius 3 is 2.67 bits per heavy atom. The van der Waals surface area contributed by atoms with Gasteiger partial charge in [-0.05, 0) is 25.0 Å². The van der Waals surface area contributed by atoms with Crippen molar-refractivity contribution in [2.45, 2.75) is 33.1 Å². The molecule has 0 aromatic carbocycles. The fourth-order valence-corrected chi connectivity index (χ4v) is 1.74. The maximum atomic E-state index is 12.3. The standard InChI is InChI=1S/C14H23N3O/c1-5-7-8-17(4)14(18)11-9-12(6-2)16-13(10-11)15-3/h9-10H,5-8H2,1-4H3,(H,15,16). The number of aryl methyl sites for hydroxylation is 1. The van der Waals surface area contributed by atoms with Crippen LogP contribution in [-0.4, -0.2) is 36.4 Å². The lowest BCUT2D eigenvalue weighted by Gasteiger charge is -2.17. The third kappa shape index (κ3) is 3.72. The summed E-state index contributed by atoms with van der Waals surface area (Å²) >= 11 is 0. The number of unbranched alkanes of at least 4 members (excludes halogenated alkanes) is 1. The van der Waals surface area contributed by atoms with Crippen LogP contribution >= 0.6 is 0 Å². The van der Waals surface area contributed by atoms with Crippen LogP contribution in [0.1, 0.15) is 42.7 Å². The van der Waals surface area contributed by atoms with Gasteiger partial charge >= 0.3 is 0 Å². The number of rotatable bonds is 6. The molecule has 0 saturated carbocycles. The zero-order valence-electron chi connectivity index (χ0n) is 11.8. The highest BCUT2D eigenvalue weighted by molar-refractivity contribution is 5.94. The molecule has 18 heavy (non-hydrogen) atoms. The number of carbonyl (C=O) groups excluding carboxylic acids is 1. The molecule has 1 amide bonds. The maximum Gasteiger partial charge on any atom is 0.253 e. The van der Waals surface area contributed by atoms with Gasteiger partial charge in [-0.1, -0.05) is 20.3 Å². The first-order chi connectivity index (χ1) is 8.62. The largest absolute Gasteiger partial charge is 0.373 e. The third-order valence-corrected chi connectivity index (χ3v) is 2.94. The summed E-state index contributed by atoms with van der Waals surface area (Å²) < 4.78 is 0. The Labute approximate surface area is 109 Å². The highest BCUT2D eigenvalue weighted by atomic mass is 16.2. The highest BCUT2D eigenvalue weighted by Crippen LogP contribution is 2.13. The van der Waals surface area contributed by atoms with Crippen molar-refractivity contribution in [1.82, 2.24) is 9.88 Å². The van der Waals surface area contributed by atoms with E-state index in [2.05, 4.69) is 17.2 Å². The van der Waals surface area contributed by atoms with Gasteiger partial charge < -0.3 is 10.2 Å². The molecule has 100 valence electrons. The topological polar surface area (TPSA) is 45.2 Å². The first-order valence-electron chi connectivity index (χ1n) is 6.56. The summed E-state index contributed by atoms with van der Waals surface area (Å²) in [6.45, 7) is 4.96. The average molecular weight is 249 g/mol. The van der Waals surface area contributed by atoms with Crippen LogP contribution in [0.3, 0.4) is 0 Å². The predicted octanol–water partition coefficient (Wildman–Crippen LogP) is 2.56. The fraction of sp³-hybridized carbons (Fsp3) is 0.571. The van der Waals surface area contributed by atoms with E-state index in [1.165, 1.54) is 0 Å². The van der Waals surface area contributed by atoms with E-state index in [9.17, 15) is 4.79 Å². The number of anilines is 1. The van der Waals surface area contributed by atoms with Gasteiger partial charge in [-0.25, -0.2) is 4.98 Å². The Morgan fingerprint density at radius 1 is 1.39 bits per heavy atom. The van der Waals surface area contributed by atoms with Crippen molar-refractivity contribution in [2.75, 3.05) is 26.0 Å². The number of amides is 1. The second kappa shape index (κ2) is 6.99. The molecule has 0 spiro atoms. The van der Waals surface area contributed by atoms with E-state index in [1.54, 1.807) is 4.90 Å². The number of hydrogen-bond acceptors (Lipinski definition) is 3. The average Bonchev–Trinajstić information content (AvgIpc) is 2.43. The van der Waals surface area contributed by atoms with Crippen molar-refractivity contribution in [3.05, 3.63) is 23.4 Å². The fourth-order valence-electron chi connectivity index (χ4n) is 1.74. The number of aromatic nitrogens is 1. The molecule has 4 heteroatoms. The maximum absolute atomic E-state index is 12.3. The number of nitrogens with one attached hydrogen (secondary N) is 1. The van der Waals surface area contributed by atoms with Gasteiger partial charge in [-0.15, -0.1) is 0 Å². The lowest BCUT2D eigenvalue weighted by molar-refractivity contribution is 0.0793. The van der Waals surface area contributed by atoms with Crippen LogP contribution in [0.25, 0.3) is 0 Å². The Morgan fingerprint density at radius 2 is 2.11 bits per heavy atom. The first-order valence-corrected chi connectivity index (χ1v) is 6.56. The van der Waals surface area contributed by atoms with Crippen LogP contribution in [0.15, 0.2) is 12.1 Å². The monoisotopic (exact) mass is 249 g/mol. The zero-order valence-corrected chi connectivity index (χ0v) is 11.8. The van der Waals surface area contributed by atoms with Crippen molar-refractivity contribution in [2.24, 2.45) is 0 Å². The molecule has 0 saturated heterocycles. The lowest BCUT2D eigenvalue weighted by atomic mass is 10.1. The molecular formula is C14H23N3O. The van der Waals surface area contributed by atoms with Crippen molar-refractivity contribution in [3.63, 3.8) is 0 Å². The number of nitrogens with zero attached hydrogens (tertiary/aromatic N) is 2. The molecule has 1 heterocycles. The van der Waals surface area contributed by atoms with Crippen molar-refractivity contribution < 1.29 is 4.79 Å². The van der Waals surface area contributed by atoms with Gasteiger partial charge in [0, 0.05) is 31.9 Å². The second-order valence-electron chi connectivity index (χ2n) is 4.42. The quantitative estimate of drug-likeness (QED) is 0.842. The van der Waals surface area contributed by atoms with Crippen LogP contribution in [-0.2, 0) is 6.42 Å². The molecule has 0 fully saturated rings. The van der Waals surface area contributed by atoms with Gasteiger partial charge in [0.1, 0.15) is 5.82 Å². The molecular weight excluding hydrogens is 226 g/mol. The van der Waals surface area contributed by atoms with Crippen molar-refractivity contribution in [3.8, 4) is 0 Å². The van der Waals surface area contributed by atoms with Gasteiger partial charge in [0.05, 0.1) is 0 Å². The molecule has 0 radical (unpaired) electrons. The molecule has 1 aromatic rings. The Hall–Kier alpha value is -1.58. The molecule has 0 aliphatic heterocycles. The van der Waals surface area contributed by atoms with Gasteiger partial charge in [-0.3, -0.25) is 4.79 Å². The second-order valence-corrected chi connectivity index (χ2v) is 4.42. The molecule has 0 aliphatic carbocycles. The van der Waals surface area contributed by atoms with Crippen LogP contribution in [0.5, 0.6) is 0 Å². The van der Waals surface area contributed by atoms with E-state index in [0.717, 1.165) is 37.3 Å². The zero-order chi connectivity index (χ0) is 13.5. The van der Waals surface area contributed by atoms with Crippen LogP contribution in [0.4, 0.5) is 5.82 Å². The molecule has 0 atom stereocenters. The minimum Gasteiger partial charge on any atom is -0.373 e. The Kier molecular flexibility index (Phi) is 5.62. The van der Waals surface area contributed by atoms with Crippen LogP contribution in [0, 0.1) is 0 Å². The van der Waals surface area contributed by atoms with Gasteiger partial charge in [-0.2, -0.15) is 0 Å². The van der Waals surface area contributed by atoms with Gasteiger partial charge in [0.15, 0.2) is 0 Å². The summed E-state index contributed by atoms with van der Waals surface area (Å²) in [6.07, 6.45) is 2.96. The van der Waals surface area contributed by atoms with Gasteiger partial charge in [0.25, 0.3) is 5.91 Å². The Balaban J connectivity index is 2.90. The summed E-state index contributed by atoms with van der Waals surface area (Å²) in [4.78, 5) is 18.4. The molecule has 1 aromatic heterocycles. The minimum absolute atomic E-state index is 0.0667. The van der Waals surface area contributed by atoms with E-state index in [4.69, 9.17) is 0 Å². The summed E-state index contributed by atoms with van der Waals surface area (Å²) in [5.41, 5.74) is 1.65. The Bertz CT molecular complexity index is 382. The van der Waals surface area contributed by atoms with Gasteiger partial charge in [0.2, 0.25) is 0 Å². The van der Waals surface area contributed by atoms with Crippen molar-refractivity contribution in [1.29, 1.82) is 0 Å². The first kappa shape index (κ1) is 14.5. The molecule has 1 N–H and O–H groups in total. The summed E-state index contributed by atoms with van der Waals surface area (Å²) in [5, 5.41) is 3.00. The van der Waals surface area contributed by atoms with Crippen molar-refractivity contribution >= 4 is 11.7 Å². The number of pyridine rings is 1. The molecule has 0 aliphatic rings. The van der Waals surface area contributed by atoms with E-state index in [-0.39, 0.29) is 5.91 Å². The highest BCUT2D eigenvalue weighted by Gasteiger charge is 2.13. The lowest BCUT2D eigenvalue weighted by Crippen LogP contribution is -2.28. The van der Waals surface area contributed by atoms with Crippen LogP contribution < -0.4 is 5.32 Å². The SMILES string of the molecule is CCCCN(C)C(=O)c1cc(CC)nc(NC)c1. The minimum atomic E-state index is 0.0667. The normalized spacial score (nSPS) is 10.2. The number of hydrogen-bond donors (Lipinski definition) is 1. The summed E-state index contributed by atoms with van der Waals surface area (Å²) in [6, 6.07) is 3.69. The van der Waals surface area contributed by atoms with E-state index >= 15 is 0 Å². The van der Waals surface area contributed by atoms with E-state index in [0.29, 0.717) is 5.56 Å². The molecule has 0 bridgehead atoms. The summed E-state index contributed by atoms with van der Waals surface area (Å²) in [7, 11) is 3.67. The predicted molar refractivity (Wildman–Crippen MR) is 75.0 cm³/mol. The van der Waals surface area contributed by atoms with Crippen LogP contribution in [0.2, 0.25) is 0 Å². The molecule has 4 nitrogen and oxygen atoms in total. The smallest absolute Gasteiger partial charge is 0.253 e. The van der Waals surface area contributed by atoms with E-state index in [1.807, 2.05) is 33.2 Å².